The molecule has 11 atom stereocenters. The van der Waals surface area contributed by atoms with Crippen LogP contribution in [0.15, 0.2) is 60.4 Å². The van der Waals surface area contributed by atoms with Crippen LogP contribution in [0.5, 0.6) is 40.2 Å². The topological polar surface area (TPSA) is 288 Å². The Kier molecular flexibility index (Phi) is 11.6. The van der Waals surface area contributed by atoms with Gasteiger partial charge in [-0.3, -0.25) is 0 Å². The molecular formula is C37H41O18+. The Labute approximate surface area is 312 Å². The Hall–Kier alpha value is -5.31. The number of phenolic OH excluding ortho intramolecular Hbond substituents is 5. The lowest BCUT2D eigenvalue weighted by molar-refractivity contribution is -0.325. The molecule has 55 heavy (non-hydrogen) atoms. The number of fused-ring (bicyclic) bond motifs is 1. The summed E-state index contributed by atoms with van der Waals surface area (Å²) < 4.78 is 38.2. The molecule has 3 heterocycles. The molecule has 0 saturated carbocycles. The number of hydrogen-bond acceptors (Lipinski definition) is 17. The summed E-state index contributed by atoms with van der Waals surface area (Å²) in [6.07, 6.45) is -13.3. The van der Waals surface area contributed by atoms with Crippen molar-refractivity contribution in [3.05, 3.63) is 77.1 Å². The molecule has 3 aliphatic heterocycles. The second-order valence-corrected chi connectivity index (χ2v) is 13.0. The van der Waals surface area contributed by atoms with Gasteiger partial charge in [-0.2, -0.15) is 0 Å². The molecule has 0 radical (unpaired) electrons. The van der Waals surface area contributed by atoms with Gasteiger partial charge >= 0.3 is 5.97 Å². The van der Waals surface area contributed by atoms with Gasteiger partial charge in [-0.05, 0) is 42.8 Å². The van der Waals surface area contributed by atoms with E-state index in [0.717, 1.165) is 18.2 Å². The highest BCUT2D eigenvalue weighted by Gasteiger charge is 2.49. The molecule has 0 bridgehead atoms. The van der Waals surface area contributed by atoms with E-state index in [4.69, 9.17) is 28.4 Å². The monoisotopic (exact) mass is 773 g/mol. The second kappa shape index (κ2) is 16.2. The highest BCUT2D eigenvalue weighted by atomic mass is 16.7. The average Bonchev–Trinajstić information content (AvgIpc) is 3.15. The zero-order valence-corrected chi connectivity index (χ0v) is 29.2. The number of aromatic hydroxyl groups is 6. The zero-order valence-electron chi connectivity index (χ0n) is 29.2. The average molecular weight is 774 g/mol. The summed E-state index contributed by atoms with van der Waals surface area (Å²) in [6, 6.07) is 10.8. The first-order valence-corrected chi connectivity index (χ1v) is 16.9. The first kappa shape index (κ1) is 39.4. The van der Waals surface area contributed by atoms with E-state index in [-0.39, 0.29) is 45.6 Å². The number of phenols is 5. The van der Waals surface area contributed by atoms with E-state index in [0.29, 0.717) is 5.56 Å². The Bertz CT molecular complexity index is 1910. The van der Waals surface area contributed by atoms with E-state index in [1.165, 1.54) is 50.5 Å². The van der Waals surface area contributed by atoms with Gasteiger partial charge in [0.1, 0.15) is 59.4 Å². The Balaban J connectivity index is 1.15. The molecule has 18 heteroatoms. The van der Waals surface area contributed by atoms with Crippen LogP contribution in [0.2, 0.25) is 0 Å². The number of methoxy groups -OCH3 is 1. The fraction of sp³-hybridized carbons (Fsp3) is 0.378. The molecule has 3 aliphatic rings. The number of ether oxygens (including phenoxy) is 7. The number of hydrogen-bond donors (Lipinski definition) is 10. The third kappa shape index (κ3) is 8.36. The van der Waals surface area contributed by atoms with Crippen molar-refractivity contribution >= 4 is 18.1 Å². The van der Waals surface area contributed by atoms with Crippen LogP contribution in [-0.4, -0.2) is 137 Å². The maximum Gasteiger partial charge on any atom is 0.331 e. The third-order valence-corrected chi connectivity index (χ3v) is 9.24. The minimum absolute atomic E-state index is 0.0440. The summed E-state index contributed by atoms with van der Waals surface area (Å²) in [6.45, 7) is 0.869. The van der Waals surface area contributed by atoms with Crippen LogP contribution in [0.3, 0.4) is 0 Å². The molecule has 0 aromatic heterocycles. The number of aliphatic hydroxyl groups excluding tert-OH is 5. The summed E-state index contributed by atoms with van der Waals surface area (Å²) >= 11 is 0. The Morgan fingerprint density at radius 2 is 1.53 bits per heavy atom. The Morgan fingerprint density at radius 1 is 0.818 bits per heavy atom. The van der Waals surface area contributed by atoms with Gasteiger partial charge in [0.15, 0.2) is 29.7 Å². The standard InChI is InChI=1S/C37H40O18/c1-15-34(55-27(42)8-5-16-3-6-18(38)7-4-16)31(46)33(48)36(51-15)50-14-26-29(44)30(45)32(47)37(54-26)53-25-13-20-21(40)11-19(39)12-23(20)52-35(25)17-9-22(41)28(43)24(10-17)49-2/h3-13,15,26,29-41,43-48H,14H2,1-2H3/p+1. The van der Waals surface area contributed by atoms with Gasteiger partial charge in [0.05, 0.1) is 31.5 Å². The van der Waals surface area contributed by atoms with E-state index >= 15 is 0 Å². The summed E-state index contributed by atoms with van der Waals surface area (Å²) in [5.41, 5.74) is 0.868. The van der Waals surface area contributed by atoms with Crippen LogP contribution >= 0.6 is 0 Å². The highest BCUT2D eigenvalue weighted by molar-refractivity contribution is 5.87. The highest BCUT2D eigenvalue weighted by Crippen LogP contribution is 2.48. The lowest BCUT2D eigenvalue weighted by atomic mass is 9.98. The largest absolute Gasteiger partial charge is 0.571 e. The van der Waals surface area contributed by atoms with Crippen molar-refractivity contribution in [1.29, 1.82) is 0 Å². The van der Waals surface area contributed by atoms with Gasteiger partial charge in [-0.25, -0.2) is 4.79 Å². The molecule has 3 aromatic rings. The number of rotatable bonds is 10. The summed E-state index contributed by atoms with van der Waals surface area (Å²) in [5.74, 6) is -2.76. The van der Waals surface area contributed by atoms with Crippen LogP contribution < -0.4 is 4.74 Å². The maximum atomic E-state index is 12.5. The molecule has 11 N–H and O–H groups in total. The molecule has 296 valence electrons. The van der Waals surface area contributed by atoms with E-state index in [1.54, 1.807) is 12.1 Å². The van der Waals surface area contributed by atoms with E-state index in [1.807, 2.05) is 0 Å². The van der Waals surface area contributed by atoms with E-state index in [2.05, 4.69) is 4.74 Å². The summed E-state index contributed by atoms with van der Waals surface area (Å²) in [7, 11) is 1.25. The second-order valence-electron chi connectivity index (χ2n) is 13.0. The lowest BCUT2D eigenvalue weighted by Crippen LogP contribution is -2.61. The number of esters is 1. The van der Waals surface area contributed by atoms with Gasteiger partial charge in [0.25, 0.3) is 11.9 Å². The number of carbonyl (C=O) groups excluding carboxylic acids is 1. The quantitative estimate of drug-likeness (QED) is 0.0581. The van der Waals surface area contributed by atoms with Gasteiger partial charge in [-0.15, -0.1) is 0 Å². The number of aliphatic hydroxyl groups is 6. The van der Waals surface area contributed by atoms with Crippen LogP contribution in [0.4, 0.5) is 0 Å². The van der Waals surface area contributed by atoms with Crippen molar-refractivity contribution in [1.82, 2.24) is 0 Å². The van der Waals surface area contributed by atoms with Gasteiger partial charge < -0.3 is 84.2 Å². The first-order valence-electron chi connectivity index (χ1n) is 16.9. The first-order chi connectivity index (χ1) is 26.1. The summed E-state index contributed by atoms with van der Waals surface area (Å²) in [4.78, 5) is 12.5. The van der Waals surface area contributed by atoms with E-state index < -0.39 is 91.6 Å². The fourth-order valence-corrected chi connectivity index (χ4v) is 6.26. The summed E-state index contributed by atoms with van der Waals surface area (Å²) in [5, 5.41) is 105. The van der Waals surface area contributed by atoms with Crippen molar-refractivity contribution in [3.8, 4) is 40.2 Å². The van der Waals surface area contributed by atoms with E-state index in [9.17, 15) is 55.9 Å². The maximum absolute atomic E-state index is 12.5. The minimum Gasteiger partial charge on any atom is -0.571 e. The third-order valence-electron chi connectivity index (χ3n) is 9.24. The fourth-order valence-electron chi connectivity index (χ4n) is 6.26. The molecule has 6 rings (SSSR count). The van der Waals surface area contributed by atoms with Crippen LogP contribution in [0.1, 0.15) is 29.7 Å². The minimum atomic E-state index is -1.87. The predicted octanol–water partition coefficient (Wildman–Crippen LogP) is 0.493. The molecule has 11 unspecified atom stereocenters. The van der Waals surface area contributed by atoms with Crippen LogP contribution in [0.25, 0.3) is 12.2 Å². The van der Waals surface area contributed by atoms with Crippen molar-refractivity contribution in [2.24, 2.45) is 0 Å². The van der Waals surface area contributed by atoms with Gasteiger partial charge in [0.2, 0.25) is 12.0 Å². The molecule has 0 spiro atoms. The molecular weight excluding hydrogens is 732 g/mol. The van der Waals surface area contributed by atoms with Crippen molar-refractivity contribution in [2.75, 3.05) is 13.7 Å². The van der Waals surface area contributed by atoms with Crippen molar-refractivity contribution in [3.63, 3.8) is 0 Å². The molecule has 2 fully saturated rings. The number of carbonyl (C=O) groups is 1. The number of benzene rings is 3. The van der Waals surface area contributed by atoms with Crippen LogP contribution in [0, 0.1) is 0 Å². The van der Waals surface area contributed by atoms with Crippen molar-refractivity contribution < 1.29 is 89.0 Å². The smallest absolute Gasteiger partial charge is 0.331 e. The molecule has 0 amide bonds. The zero-order chi connectivity index (χ0) is 39.7. The van der Waals surface area contributed by atoms with Gasteiger partial charge in [0, 0.05) is 18.2 Å². The predicted molar refractivity (Wildman–Crippen MR) is 186 cm³/mol. The lowest BCUT2D eigenvalue weighted by Gasteiger charge is -2.43. The SMILES string of the molecule is COc1cc(C2[OH+]c3cc(O)cc(O)c3C=C2OC2OC(COC3OC(C)C(OC(=O)C=Cc4ccc(O)cc4)C(O)C3O)C(O)C(O)C2O)cc(O)c1O. The molecule has 18 nitrogen and oxygen atoms in total. The Morgan fingerprint density at radius 3 is 2.24 bits per heavy atom. The van der Waals surface area contributed by atoms with Crippen molar-refractivity contribution in [2.45, 2.75) is 74.4 Å². The molecule has 2 saturated heterocycles. The molecule has 0 aliphatic carbocycles. The molecule has 3 aromatic carbocycles. The van der Waals surface area contributed by atoms with Gasteiger partial charge in [-0.1, -0.05) is 12.1 Å². The normalized spacial score (nSPS) is 30.5. The van der Waals surface area contributed by atoms with Crippen LogP contribution in [-0.2, 0) is 28.5 Å².